The van der Waals surface area contributed by atoms with Gasteiger partial charge in [-0.2, -0.15) is 11.3 Å². The van der Waals surface area contributed by atoms with Gasteiger partial charge in [-0.1, -0.05) is 6.42 Å². The molecule has 22 heavy (non-hydrogen) atoms. The zero-order valence-corrected chi connectivity index (χ0v) is 13.7. The van der Waals surface area contributed by atoms with Gasteiger partial charge in [0.05, 0.1) is 6.54 Å². The molecule has 1 aliphatic rings. The molecule has 118 valence electrons. The molecule has 1 aliphatic heterocycles. The van der Waals surface area contributed by atoms with Crippen molar-refractivity contribution in [3.63, 3.8) is 0 Å². The third-order valence-corrected chi connectivity index (χ3v) is 4.60. The van der Waals surface area contributed by atoms with Crippen LogP contribution in [0.2, 0.25) is 0 Å². The molecule has 2 N–H and O–H groups in total. The number of fused-ring (bicyclic) bond motifs is 1. The molecule has 7 heteroatoms. The summed E-state index contributed by atoms with van der Waals surface area (Å²) < 4.78 is 2.26. The van der Waals surface area contributed by atoms with Crippen LogP contribution in [-0.4, -0.2) is 27.8 Å². The van der Waals surface area contributed by atoms with Crippen molar-refractivity contribution in [3.05, 3.63) is 34.0 Å². The van der Waals surface area contributed by atoms with E-state index in [0.29, 0.717) is 6.54 Å². The molecule has 6 nitrogen and oxygen atoms in total. The molecule has 0 saturated heterocycles. The van der Waals surface area contributed by atoms with E-state index in [2.05, 4.69) is 47.2 Å². The monoisotopic (exact) mass is 318 g/mol. The van der Waals surface area contributed by atoms with E-state index in [0.717, 1.165) is 37.1 Å². The van der Waals surface area contributed by atoms with Crippen LogP contribution in [0, 0.1) is 0 Å². The Morgan fingerprint density at radius 2 is 2.18 bits per heavy atom. The van der Waals surface area contributed by atoms with Crippen LogP contribution >= 0.6 is 11.3 Å². The van der Waals surface area contributed by atoms with Crippen LogP contribution in [0.3, 0.4) is 0 Å². The van der Waals surface area contributed by atoms with Crippen LogP contribution in [-0.2, 0) is 26.1 Å². The van der Waals surface area contributed by atoms with Crippen LogP contribution in [0.1, 0.15) is 36.5 Å². The average molecular weight is 318 g/mol. The molecule has 0 fully saturated rings. The van der Waals surface area contributed by atoms with Crippen molar-refractivity contribution in [2.75, 3.05) is 7.05 Å². The molecule has 0 aromatic carbocycles. The zero-order valence-electron chi connectivity index (χ0n) is 12.9. The molecule has 0 unspecified atom stereocenters. The van der Waals surface area contributed by atoms with E-state index < -0.39 is 0 Å². The van der Waals surface area contributed by atoms with E-state index in [1.807, 2.05) is 0 Å². The number of aromatic nitrogens is 3. The maximum atomic E-state index is 4.33. The topological polar surface area (TPSA) is 67.1 Å². The lowest BCUT2D eigenvalue weighted by Gasteiger charge is -2.12. The van der Waals surface area contributed by atoms with Gasteiger partial charge < -0.3 is 15.2 Å². The maximum absolute atomic E-state index is 4.33. The Kier molecular flexibility index (Phi) is 5.05. The number of rotatable bonds is 4. The van der Waals surface area contributed by atoms with Crippen molar-refractivity contribution in [1.29, 1.82) is 0 Å². The molecule has 0 aliphatic carbocycles. The standard InChI is InChI=1S/C15H22N6S/c1-16-15(17-9-12-6-8-22-11-12)18-10-14-20-19-13-5-3-2-4-7-21(13)14/h6,8,11H,2-5,7,9-10H2,1H3,(H2,16,17,18). The highest BCUT2D eigenvalue weighted by Gasteiger charge is 2.14. The number of nitrogens with one attached hydrogen (secondary N) is 2. The summed E-state index contributed by atoms with van der Waals surface area (Å²) in [5.74, 6) is 2.91. The number of guanidine groups is 1. The SMILES string of the molecule is CN=C(NCc1ccsc1)NCc1nnc2n1CCCCC2. The van der Waals surface area contributed by atoms with Crippen LogP contribution in [0.4, 0.5) is 0 Å². The summed E-state index contributed by atoms with van der Waals surface area (Å²) in [7, 11) is 1.78. The third-order valence-electron chi connectivity index (χ3n) is 3.86. The van der Waals surface area contributed by atoms with Gasteiger partial charge in [-0.05, 0) is 35.2 Å². The van der Waals surface area contributed by atoms with E-state index in [9.17, 15) is 0 Å². The van der Waals surface area contributed by atoms with Gasteiger partial charge in [-0.15, -0.1) is 10.2 Å². The molecule has 0 atom stereocenters. The van der Waals surface area contributed by atoms with Crippen molar-refractivity contribution in [2.24, 2.45) is 4.99 Å². The Morgan fingerprint density at radius 3 is 3.00 bits per heavy atom. The predicted molar refractivity (Wildman–Crippen MR) is 88.9 cm³/mol. The van der Waals surface area contributed by atoms with Crippen LogP contribution in [0.25, 0.3) is 0 Å². The summed E-state index contributed by atoms with van der Waals surface area (Å²) in [6.07, 6.45) is 4.75. The van der Waals surface area contributed by atoms with Crippen molar-refractivity contribution < 1.29 is 0 Å². The Balaban J connectivity index is 1.55. The van der Waals surface area contributed by atoms with Gasteiger partial charge in [0, 0.05) is 26.6 Å². The Hall–Kier alpha value is -1.89. The number of hydrogen-bond acceptors (Lipinski definition) is 4. The smallest absolute Gasteiger partial charge is 0.191 e. The van der Waals surface area contributed by atoms with Gasteiger partial charge in [0.25, 0.3) is 0 Å². The molecule has 3 heterocycles. The molecule has 0 saturated carbocycles. The van der Waals surface area contributed by atoms with E-state index >= 15 is 0 Å². The van der Waals surface area contributed by atoms with Crippen molar-refractivity contribution in [2.45, 2.75) is 45.3 Å². The highest BCUT2D eigenvalue weighted by atomic mass is 32.1. The molecular weight excluding hydrogens is 296 g/mol. The lowest BCUT2D eigenvalue weighted by atomic mass is 10.2. The minimum Gasteiger partial charge on any atom is -0.352 e. The minimum atomic E-state index is 0.649. The molecule has 0 radical (unpaired) electrons. The summed E-state index contributed by atoms with van der Waals surface area (Å²) in [6, 6.07) is 2.11. The van der Waals surface area contributed by atoms with Crippen LogP contribution in [0.5, 0.6) is 0 Å². The molecule has 0 amide bonds. The Morgan fingerprint density at radius 1 is 1.27 bits per heavy atom. The first kappa shape index (κ1) is 15.0. The van der Waals surface area contributed by atoms with E-state index in [-0.39, 0.29) is 0 Å². The maximum Gasteiger partial charge on any atom is 0.191 e. The predicted octanol–water partition coefficient (Wildman–Crippen LogP) is 1.93. The fourth-order valence-corrected chi connectivity index (χ4v) is 3.31. The minimum absolute atomic E-state index is 0.649. The summed E-state index contributed by atoms with van der Waals surface area (Å²) in [4.78, 5) is 4.26. The van der Waals surface area contributed by atoms with Gasteiger partial charge in [-0.3, -0.25) is 4.99 Å². The van der Waals surface area contributed by atoms with Gasteiger partial charge in [0.2, 0.25) is 0 Å². The lowest BCUT2D eigenvalue weighted by Crippen LogP contribution is -2.37. The van der Waals surface area contributed by atoms with E-state index in [1.165, 1.54) is 24.8 Å². The van der Waals surface area contributed by atoms with Crippen molar-refractivity contribution >= 4 is 17.3 Å². The molecule has 2 aromatic heterocycles. The van der Waals surface area contributed by atoms with Crippen LogP contribution in [0.15, 0.2) is 21.8 Å². The van der Waals surface area contributed by atoms with Crippen molar-refractivity contribution in [1.82, 2.24) is 25.4 Å². The fourth-order valence-electron chi connectivity index (χ4n) is 2.64. The van der Waals surface area contributed by atoms with Gasteiger partial charge in [0.1, 0.15) is 5.82 Å². The second-order valence-corrected chi connectivity index (χ2v) is 6.19. The van der Waals surface area contributed by atoms with Gasteiger partial charge in [0.15, 0.2) is 11.8 Å². The fraction of sp³-hybridized carbons (Fsp3) is 0.533. The van der Waals surface area contributed by atoms with Crippen molar-refractivity contribution in [3.8, 4) is 0 Å². The van der Waals surface area contributed by atoms with Gasteiger partial charge >= 0.3 is 0 Å². The first-order chi connectivity index (χ1) is 10.9. The second kappa shape index (κ2) is 7.40. The molecule has 0 spiro atoms. The summed E-state index contributed by atoms with van der Waals surface area (Å²) in [5.41, 5.74) is 1.27. The Bertz CT molecular complexity index is 616. The molecule has 0 bridgehead atoms. The third kappa shape index (κ3) is 3.65. The highest BCUT2D eigenvalue weighted by Crippen LogP contribution is 2.14. The summed E-state index contributed by atoms with van der Waals surface area (Å²) in [6.45, 7) is 2.46. The lowest BCUT2D eigenvalue weighted by molar-refractivity contribution is 0.596. The number of aryl methyl sites for hydroxylation is 1. The van der Waals surface area contributed by atoms with Crippen LogP contribution < -0.4 is 10.6 Å². The highest BCUT2D eigenvalue weighted by molar-refractivity contribution is 7.07. The second-order valence-electron chi connectivity index (χ2n) is 5.41. The van der Waals surface area contributed by atoms with E-state index in [1.54, 1.807) is 18.4 Å². The summed E-state index contributed by atoms with van der Waals surface area (Å²) in [5, 5.41) is 19.5. The number of thiophene rings is 1. The molecular formula is C15H22N6S. The molecule has 2 aromatic rings. The largest absolute Gasteiger partial charge is 0.352 e. The molecule has 3 rings (SSSR count). The van der Waals surface area contributed by atoms with Gasteiger partial charge in [-0.25, -0.2) is 0 Å². The average Bonchev–Trinajstić information content (AvgIpc) is 3.13. The number of aliphatic imine (C=N–C) groups is 1. The normalized spacial score (nSPS) is 15.2. The first-order valence-corrected chi connectivity index (χ1v) is 8.67. The number of nitrogens with zero attached hydrogens (tertiary/aromatic N) is 4. The van der Waals surface area contributed by atoms with E-state index in [4.69, 9.17) is 0 Å². The number of hydrogen-bond donors (Lipinski definition) is 2. The first-order valence-electron chi connectivity index (χ1n) is 7.73. The quantitative estimate of drug-likeness (QED) is 0.668. The Labute approximate surface area is 134 Å². The zero-order chi connectivity index (χ0) is 15.2. The summed E-state index contributed by atoms with van der Waals surface area (Å²) >= 11 is 1.71.